The molecule has 0 spiro atoms. The molecular formula is C58H112O6. The zero-order valence-corrected chi connectivity index (χ0v) is 43.8. The van der Waals surface area contributed by atoms with Crippen LogP contribution in [-0.4, -0.2) is 37.2 Å². The zero-order valence-electron chi connectivity index (χ0n) is 43.8. The number of esters is 3. The zero-order chi connectivity index (χ0) is 46.7. The van der Waals surface area contributed by atoms with Gasteiger partial charge in [0.2, 0.25) is 0 Å². The summed E-state index contributed by atoms with van der Waals surface area (Å²) >= 11 is 0. The first-order valence-electron chi connectivity index (χ1n) is 28.9. The minimum absolute atomic E-state index is 0.0620. The van der Waals surface area contributed by atoms with Gasteiger partial charge in [0.05, 0.1) is 0 Å². The quantitative estimate of drug-likeness (QED) is 0.0344. The Kier molecular flexibility index (Phi) is 51.1. The lowest BCUT2D eigenvalue weighted by Gasteiger charge is -2.18. The SMILES string of the molecule is CCCCCCCCCCCCCCCCC(=O)OC[C@@H](COC(=O)CCCCCCCCCCCCCCCCCCCCC(C)CC)OC(=O)CCCCCCCCCCCC. The van der Waals surface area contributed by atoms with Crippen molar-refractivity contribution in [1.82, 2.24) is 0 Å². The van der Waals surface area contributed by atoms with Crippen LogP contribution in [0.4, 0.5) is 0 Å². The third kappa shape index (κ3) is 49.8. The lowest BCUT2D eigenvalue weighted by atomic mass is 9.99. The number of unbranched alkanes of at least 4 members (excludes halogenated alkanes) is 39. The summed E-state index contributed by atoms with van der Waals surface area (Å²) in [5.41, 5.74) is 0. The predicted molar refractivity (Wildman–Crippen MR) is 275 cm³/mol. The van der Waals surface area contributed by atoms with E-state index >= 15 is 0 Å². The smallest absolute Gasteiger partial charge is 0.306 e. The number of carbonyl (C=O) groups excluding carboxylic acids is 3. The first-order chi connectivity index (χ1) is 31.4. The van der Waals surface area contributed by atoms with Gasteiger partial charge in [-0.05, 0) is 25.2 Å². The summed E-state index contributed by atoms with van der Waals surface area (Å²) in [7, 11) is 0. The molecule has 0 aliphatic heterocycles. The molecule has 0 amide bonds. The Labute approximate surface area is 399 Å². The monoisotopic (exact) mass is 905 g/mol. The highest BCUT2D eigenvalue weighted by Crippen LogP contribution is 2.18. The van der Waals surface area contributed by atoms with E-state index in [-0.39, 0.29) is 31.1 Å². The average molecular weight is 906 g/mol. The maximum atomic E-state index is 12.8. The van der Waals surface area contributed by atoms with Gasteiger partial charge < -0.3 is 14.2 Å². The van der Waals surface area contributed by atoms with Crippen LogP contribution in [0.1, 0.15) is 329 Å². The topological polar surface area (TPSA) is 78.9 Å². The van der Waals surface area contributed by atoms with Crippen LogP contribution >= 0.6 is 0 Å². The minimum atomic E-state index is -0.760. The fourth-order valence-corrected chi connectivity index (χ4v) is 8.89. The van der Waals surface area contributed by atoms with Gasteiger partial charge in [-0.25, -0.2) is 0 Å². The molecule has 0 aromatic carbocycles. The second-order valence-corrected chi connectivity index (χ2v) is 20.2. The molecule has 6 nitrogen and oxygen atoms in total. The fraction of sp³-hybridized carbons (Fsp3) is 0.948. The van der Waals surface area contributed by atoms with E-state index in [2.05, 4.69) is 27.7 Å². The van der Waals surface area contributed by atoms with E-state index in [0.717, 1.165) is 63.7 Å². The lowest BCUT2D eigenvalue weighted by molar-refractivity contribution is -0.167. The predicted octanol–water partition coefficient (Wildman–Crippen LogP) is 19.0. The molecule has 0 saturated heterocycles. The molecule has 2 atom stereocenters. The van der Waals surface area contributed by atoms with Crippen molar-refractivity contribution in [3.05, 3.63) is 0 Å². The van der Waals surface area contributed by atoms with Gasteiger partial charge in [0, 0.05) is 19.3 Å². The van der Waals surface area contributed by atoms with Crippen molar-refractivity contribution in [2.75, 3.05) is 13.2 Å². The van der Waals surface area contributed by atoms with Crippen molar-refractivity contribution < 1.29 is 28.6 Å². The molecule has 0 fully saturated rings. The van der Waals surface area contributed by atoms with Crippen molar-refractivity contribution in [2.45, 2.75) is 336 Å². The Hall–Kier alpha value is -1.59. The van der Waals surface area contributed by atoms with Gasteiger partial charge in [0.1, 0.15) is 13.2 Å². The van der Waals surface area contributed by atoms with Crippen LogP contribution in [0.15, 0.2) is 0 Å². The summed E-state index contributed by atoms with van der Waals surface area (Å²) in [5, 5.41) is 0. The molecule has 64 heavy (non-hydrogen) atoms. The van der Waals surface area contributed by atoms with Crippen molar-refractivity contribution in [3.8, 4) is 0 Å². The maximum absolute atomic E-state index is 12.8. The van der Waals surface area contributed by atoms with Crippen LogP contribution in [0, 0.1) is 5.92 Å². The number of ether oxygens (including phenoxy) is 3. The summed E-state index contributed by atoms with van der Waals surface area (Å²) in [5.74, 6) is 0.0718. The first kappa shape index (κ1) is 62.4. The van der Waals surface area contributed by atoms with Gasteiger partial charge in [-0.1, -0.05) is 291 Å². The lowest BCUT2D eigenvalue weighted by Crippen LogP contribution is -2.30. The van der Waals surface area contributed by atoms with E-state index in [1.165, 1.54) is 225 Å². The Morgan fingerprint density at radius 2 is 0.547 bits per heavy atom. The minimum Gasteiger partial charge on any atom is -0.462 e. The molecule has 0 heterocycles. The Morgan fingerprint density at radius 1 is 0.312 bits per heavy atom. The number of rotatable bonds is 53. The van der Waals surface area contributed by atoms with Crippen LogP contribution in [-0.2, 0) is 28.6 Å². The summed E-state index contributed by atoms with van der Waals surface area (Å²) in [4.78, 5) is 38.0. The summed E-state index contributed by atoms with van der Waals surface area (Å²) in [6.07, 6.45) is 56.6. The molecule has 0 radical (unpaired) electrons. The number of carbonyl (C=O) groups is 3. The van der Waals surface area contributed by atoms with E-state index in [4.69, 9.17) is 14.2 Å². The highest BCUT2D eigenvalue weighted by Gasteiger charge is 2.19. The molecule has 0 bridgehead atoms. The van der Waals surface area contributed by atoms with Crippen molar-refractivity contribution in [3.63, 3.8) is 0 Å². The van der Waals surface area contributed by atoms with Gasteiger partial charge >= 0.3 is 17.9 Å². The van der Waals surface area contributed by atoms with Crippen molar-refractivity contribution in [2.24, 2.45) is 5.92 Å². The van der Waals surface area contributed by atoms with Gasteiger partial charge in [0.25, 0.3) is 0 Å². The molecule has 0 rings (SSSR count). The third-order valence-corrected chi connectivity index (χ3v) is 13.7. The third-order valence-electron chi connectivity index (χ3n) is 13.7. The second-order valence-electron chi connectivity index (χ2n) is 20.2. The van der Waals surface area contributed by atoms with Crippen LogP contribution < -0.4 is 0 Å². The molecule has 0 N–H and O–H groups in total. The number of hydrogen-bond donors (Lipinski definition) is 0. The molecule has 1 unspecified atom stereocenters. The highest BCUT2D eigenvalue weighted by atomic mass is 16.6. The van der Waals surface area contributed by atoms with Crippen molar-refractivity contribution in [1.29, 1.82) is 0 Å². The summed E-state index contributed by atoms with van der Waals surface area (Å²) in [6, 6.07) is 0. The van der Waals surface area contributed by atoms with Crippen LogP contribution in [0.25, 0.3) is 0 Å². The van der Waals surface area contributed by atoms with E-state index in [0.29, 0.717) is 19.3 Å². The van der Waals surface area contributed by atoms with Crippen LogP contribution in [0.3, 0.4) is 0 Å². The summed E-state index contributed by atoms with van der Waals surface area (Å²) in [6.45, 7) is 9.09. The standard InChI is InChI=1S/C58H112O6/c1-5-8-10-12-14-16-18-19-27-30-34-37-41-45-49-56(59)62-52-55(64-58(61)51-47-43-39-33-17-15-13-11-9-6-2)53-63-57(60)50-46-42-38-35-31-28-25-23-21-20-22-24-26-29-32-36-40-44-48-54(4)7-3/h54-55H,5-53H2,1-4H3/t54?,55-/m0/s1. The Balaban J connectivity index is 4.17. The average Bonchev–Trinajstić information content (AvgIpc) is 3.29. The van der Waals surface area contributed by atoms with Crippen LogP contribution in [0.2, 0.25) is 0 Å². The van der Waals surface area contributed by atoms with E-state index in [1.54, 1.807) is 0 Å². The molecule has 380 valence electrons. The van der Waals surface area contributed by atoms with Crippen molar-refractivity contribution >= 4 is 17.9 Å². The second kappa shape index (κ2) is 52.4. The number of hydrogen-bond acceptors (Lipinski definition) is 6. The van der Waals surface area contributed by atoms with Gasteiger partial charge in [0.15, 0.2) is 6.10 Å². The highest BCUT2D eigenvalue weighted by molar-refractivity contribution is 5.71. The normalized spacial score (nSPS) is 12.4. The fourth-order valence-electron chi connectivity index (χ4n) is 8.89. The molecule has 0 aliphatic rings. The van der Waals surface area contributed by atoms with Crippen LogP contribution in [0.5, 0.6) is 0 Å². The van der Waals surface area contributed by atoms with Gasteiger partial charge in [-0.15, -0.1) is 0 Å². The molecule has 0 aromatic heterocycles. The van der Waals surface area contributed by atoms with Gasteiger partial charge in [-0.2, -0.15) is 0 Å². The van der Waals surface area contributed by atoms with E-state index < -0.39 is 6.10 Å². The molecular weight excluding hydrogens is 793 g/mol. The molecule has 0 aliphatic carbocycles. The Morgan fingerprint density at radius 3 is 0.812 bits per heavy atom. The first-order valence-corrected chi connectivity index (χ1v) is 28.9. The van der Waals surface area contributed by atoms with E-state index in [9.17, 15) is 14.4 Å². The maximum Gasteiger partial charge on any atom is 0.306 e. The molecule has 0 aromatic rings. The molecule has 0 saturated carbocycles. The summed E-state index contributed by atoms with van der Waals surface area (Å²) < 4.78 is 16.8. The molecule has 6 heteroatoms. The van der Waals surface area contributed by atoms with Gasteiger partial charge in [-0.3, -0.25) is 14.4 Å². The van der Waals surface area contributed by atoms with E-state index in [1.807, 2.05) is 0 Å². The largest absolute Gasteiger partial charge is 0.462 e. The Bertz CT molecular complexity index is 966.